The van der Waals surface area contributed by atoms with E-state index < -0.39 is 0 Å². The minimum atomic E-state index is 0.666. The second-order valence-corrected chi connectivity index (χ2v) is 5.70. The summed E-state index contributed by atoms with van der Waals surface area (Å²) in [6.07, 6.45) is 0. The Hall–Kier alpha value is -2.59. The molecule has 0 atom stereocenters. The van der Waals surface area contributed by atoms with Crippen LogP contribution in [0.5, 0.6) is 11.5 Å². The van der Waals surface area contributed by atoms with E-state index in [2.05, 4.69) is 9.97 Å². The van der Waals surface area contributed by atoms with Crippen molar-refractivity contribution in [1.82, 2.24) is 9.97 Å². The largest absolute Gasteiger partial charge is 0.493 e. The van der Waals surface area contributed by atoms with E-state index in [4.69, 9.17) is 21.1 Å². The summed E-state index contributed by atoms with van der Waals surface area (Å²) >= 11 is 5.96. The summed E-state index contributed by atoms with van der Waals surface area (Å²) in [7, 11) is 3.23. The highest BCUT2D eigenvalue weighted by atomic mass is 35.5. The van der Waals surface area contributed by atoms with Crippen LogP contribution < -0.4 is 9.47 Å². The Labute approximate surface area is 146 Å². The third-order valence-corrected chi connectivity index (χ3v) is 3.91. The molecule has 0 bridgehead atoms. The van der Waals surface area contributed by atoms with Crippen molar-refractivity contribution in [2.45, 2.75) is 6.92 Å². The summed E-state index contributed by atoms with van der Waals surface area (Å²) in [5.41, 5.74) is 3.61. The molecule has 5 heteroatoms. The molecule has 0 fully saturated rings. The molecule has 0 aliphatic heterocycles. The molecule has 0 saturated heterocycles. The summed E-state index contributed by atoms with van der Waals surface area (Å²) in [5.74, 6) is 2.05. The maximum atomic E-state index is 5.96. The van der Waals surface area contributed by atoms with Crippen LogP contribution in [0.15, 0.2) is 48.5 Å². The van der Waals surface area contributed by atoms with Crippen molar-refractivity contribution >= 4 is 11.6 Å². The zero-order valence-electron chi connectivity index (χ0n) is 13.7. The fraction of sp³-hybridized carbons (Fsp3) is 0.158. The second kappa shape index (κ2) is 6.89. The summed E-state index contributed by atoms with van der Waals surface area (Å²) < 4.78 is 10.7. The molecule has 24 heavy (non-hydrogen) atoms. The maximum absolute atomic E-state index is 5.96. The number of rotatable bonds is 4. The minimum Gasteiger partial charge on any atom is -0.493 e. The molecule has 2 aromatic carbocycles. The molecular weight excluding hydrogens is 324 g/mol. The van der Waals surface area contributed by atoms with Gasteiger partial charge in [-0.15, -0.1) is 0 Å². The number of methoxy groups -OCH3 is 2. The van der Waals surface area contributed by atoms with Crippen LogP contribution in [0.4, 0.5) is 0 Å². The van der Waals surface area contributed by atoms with Crippen molar-refractivity contribution < 1.29 is 9.47 Å². The van der Waals surface area contributed by atoms with Crippen molar-refractivity contribution in [2.24, 2.45) is 0 Å². The van der Waals surface area contributed by atoms with Gasteiger partial charge in [-0.2, -0.15) is 0 Å². The lowest BCUT2D eigenvalue weighted by Crippen LogP contribution is -1.96. The summed E-state index contributed by atoms with van der Waals surface area (Å²) in [5, 5.41) is 0.699. The lowest BCUT2D eigenvalue weighted by Gasteiger charge is -2.11. The van der Waals surface area contributed by atoms with Crippen molar-refractivity contribution in [3.63, 3.8) is 0 Å². The third-order valence-electron chi connectivity index (χ3n) is 3.66. The first-order chi connectivity index (χ1) is 11.6. The first-order valence-corrected chi connectivity index (χ1v) is 7.82. The number of aromatic nitrogens is 2. The molecule has 0 saturated carbocycles. The van der Waals surface area contributed by atoms with Crippen LogP contribution in [0.1, 0.15) is 5.82 Å². The van der Waals surface area contributed by atoms with E-state index in [1.165, 1.54) is 0 Å². The molecule has 4 nitrogen and oxygen atoms in total. The lowest BCUT2D eigenvalue weighted by molar-refractivity contribution is 0.355. The topological polar surface area (TPSA) is 44.2 Å². The first kappa shape index (κ1) is 16.3. The maximum Gasteiger partial charge on any atom is 0.161 e. The predicted molar refractivity (Wildman–Crippen MR) is 95.8 cm³/mol. The number of aryl methyl sites for hydroxylation is 1. The van der Waals surface area contributed by atoms with E-state index in [-0.39, 0.29) is 0 Å². The molecule has 122 valence electrons. The molecule has 0 unspecified atom stereocenters. The normalized spacial score (nSPS) is 10.5. The van der Waals surface area contributed by atoms with Gasteiger partial charge in [-0.3, -0.25) is 0 Å². The van der Waals surface area contributed by atoms with Gasteiger partial charge in [0.15, 0.2) is 11.5 Å². The Morgan fingerprint density at radius 1 is 0.750 bits per heavy atom. The van der Waals surface area contributed by atoms with Crippen molar-refractivity contribution in [2.75, 3.05) is 14.2 Å². The van der Waals surface area contributed by atoms with Gasteiger partial charge in [0.2, 0.25) is 0 Å². The Morgan fingerprint density at radius 2 is 1.33 bits per heavy atom. The lowest BCUT2D eigenvalue weighted by atomic mass is 10.1. The highest BCUT2D eigenvalue weighted by Gasteiger charge is 2.10. The van der Waals surface area contributed by atoms with E-state index in [9.17, 15) is 0 Å². The number of ether oxygens (including phenoxy) is 2. The number of hydrogen-bond donors (Lipinski definition) is 0. The highest BCUT2D eigenvalue weighted by Crippen LogP contribution is 2.32. The fourth-order valence-corrected chi connectivity index (χ4v) is 2.61. The quantitative estimate of drug-likeness (QED) is 0.685. The van der Waals surface area contributed by atoms with Crippen LogP contribution in [-0.4, -0.2) is 24.2 Å². The molecule has 0 aliphatic carbocycles. The van der Waals surface area contributed by atoms with Gasteiger partial charge in [0.25, 0.3) is 0 Å². The number of hydrogen-bond acceptors (Lipinski definition) is 4. The van der Waals surface area contributed by atoms with Crippen LogP contribution >= 0.6 is 11.6 Å². The van der Waals surface area contributed by atoms with Crippen LogP contribution in [0.3, 0.4) is 0 Å². The van der Waals surface area contributed by atoms with Crippen molar-refractivity contribution in [3.05, 3.63) is 59.4 Å². The summed E-state index contributed by atoms with van der Waals surface area (Å²) in [4.78, 5) is 9.07. The molecule has 1 heterocycles. The number of nitrogens with zero attached hydrogens (tertiary/aromatic N) is 2. The molecule has 0 radical (unpaired) electrons. The standard InChI is InChI=1S/C19H17ClN2O2/c1-12-21-16(13-4-7-15(20)8-5-13)11-17(22-12)14-6-9-18(23-2)19(10-14)24-3/h4-11H,1-3H3. The molecule has 0 N–H and O–H groups in total. The predicted octanol–water partition coefficient (Wildman–Crippen LogP) is 4.79. The number of halogens is 1. The smallest absolute Gasteiger partial charge is 0.161 e. The van der Waals surface area contributed by atoms with E-state index in [0.29, 0.717) is 22.3 Å². The molecule has 3 aromatic rings. The SMILES string of the molecule is COc1ccc(-c2cc(-c3ccc(Cl)cc3)nc(C)n2)cc1OC. The van der Waals surface area contributed by atoms with Crippen LogP contribution in [0, 0.1) is 6.92 Å². The van der Waals surface area contributed by atoms with E-state index in [0.717, 1.165) is 22.5 Å². The van der Waals surface area contributed by atoms with Gasteiger partial charge < -0.3 is 9.47 Å². The molecule has 0 aliphatic rings. The van der Waals surface area contributed by atoms with Gasteiger partial charge in [-0.05, 0) is 43.3 Å². The van der Waals surface area contributed by atoms with E-state index in [1.54, 1.807) is 14.2 Å². The van der Waals surface area contributed by atoms with Crippen LogP contribution in [-0.2, 0) is 0 Å². The van der Waals surface area contributed by atoms with Crippen LogP contribution in [0.2, 0.25) is 5.02 Å². The van der Waals surface area contributed by atoms with Gasteiger partial charge >= 0.3 is 0 Å². The van der Waals surface area contributed by atoms with Gasteiger partial charge in [0.05, 0.1) is 25.6 Å². The zero-order chi connectivity index (χ0) is 17.1. The average Bonchev–Trinajstić information content (AvgIpc) is 2.61. The number of benzene rings is 2. The molecule has 0 amide bonds. The summed E-state index contributed by atoms with van der Waals surface area (Å²) in [6.45, 7) is 1.88. The zero-order valence-corrected chi connectivity index (χ0v) is 14.5. The molecule has 3 rings (SSSR count). The second-order valence-electron chi connectivity index (χ2n) is 5.26. The van der Waals surface area contributed by atoms with Gasteiger partial charge in [0, 0.05) is 16.1 Å². The minimum absolute atomic E-state index is 0.666. The molecule has 0 spiro atoms. The Morgan fingerprint density at radius 3 is 1.96 bits per heavy atom. The first-order valence-electron chi connectivity index (χ1n) is 7.44. The van der Waals surface area contributed by atoms with E-state index in [1.807, 2.05) is 55.5 Å². The highest BCUT2D eigenvalue weighted by molar-refractivity contribution is 6.30. The van der Waals surface area contributed by atoms with Gasteiger partial charge in [0.1, 0.15) is 5.82 Å². The van der Waals surface area contributed by atoms with Gasteiger partial charge in [-0.1, -0.05) is 23.7 Å². The monoisotopic (exact) mass is 340 g/mol. The average molecular weight is 341 g/mol. The Bertz CT molecular complexity index is 864. The molecule has 1 aromatic heterocycles. The van der Waals surface area contributed by atoms with Crippen molar-refractivity contribution in [3.8, 4) is 34.0 Å². The van der Waals surface area contributed by atoms with Crippen LogP contribution in [0.25, 0.3) is 22.5 Å². The van der Waals surface area contributed by atoms with E-state index >= 15 is 0 Å². The fourth-order valence-electron chi connectivity index (χ4n) is 2.48. The third kappa shape index (κ3) is 3.34. The Balaban J connectivity index is 2.07. The molecular formula is C19H17ClN2O2. The summed E-state index contributed by atoms with van der Waals surface area (Å²) in [6, 6.07) is 15.3. The van der Waals surface area contributed by atoms with Crippen molar-refractivity contribution in [1.29, 1.82) is 0 Å². The van der Waals surface area contributed by atoms with Gasteiger partial charge in [-0.25, -0.2) is 9.97 Å². The Kier molecular flexibility index (Phi) is 4.67.